The Kier molecular flexibility index (Phi) is 4.91. The number of piperidine rings is 1. The van der Waals surface area contributed by atoms with Gasteiger partial charge in [-0.25, -0.2) is 4.39 Å². The summed E-state index contributed by atoms with van der Waals surface area (Å²) in [5.74, 6) is 0.134. The van der Waals surface area contributed by atoms with E-state index in [1.165, 1.54) is 19.2 Å². The fraction of sp³-hybridized carbons (Fsp3) is 0.533. The van der Waals surface area contributed by atoms with Crippen LogP contribution in [0.2, 0.25) is 0 Å². The van der Waals surface area contributed by atoms with Gasteiger partial charge in [-0.1, -0.05) is 12.1 Å². The number of hydrogen-bond donors (Lipinski definition) is 0. The highest BCUT2D eigenvalue weighted by atomic mass is 19.1. The Morgan fingerprint density at radius 3 is 2.53 bits per heavy atom. The van der Waals surface area contributed by atoms with Crippen LogP contribution in [0.15, 0.2) is 24.3 Å². The van der Waals surface area contributed by atoms with E-state index in [4.69, 9.17) is 4.74 Å². The Bertz CT molecular complexity index is 411. The zero-order chi connectivity index (χ0) is 13.7. The van der Waals surface area contributed by atoms with Gasteiger partial charge in [0.05, 0.1) is 7.11 Å². The lowest BCUT2D eigenvalue weighted by Crippen LogP contribution is -2.34. The van der Waals surface area contributed by atoms with Crippen molar-refractivity contribution < 1.29 is 13.9 Å². The van der Waals surface area contributed by atoms with Crippen LogP contribution in [-0.4, -0.2) is 31.1 Å². The van der Waals surface area contributed by atoms with Crippen molar-refractivity contribution in [2.75, 3.05) is 20.2 Å². The largest absolute Gasteiger partial charge is 0.469 e. The molecule has 0 amide bonds. The van der Waals surface area contributed by atoms with Crippen molar-refractivity contribution in [3.63, 3.8) is 0 Å². The molecule has 4 heteroatoms. The molecule has 0 saturated carbocycles. The summed E-state index contributed by atoms with van der Waals surface area (Å²) >= 11 is 0. The quantitative estimate of drug-likeness (QED) is 0.784. The maximum Gasteiger partial charge on any atom is 0.305 e. The highest BCUT2D eigenvalue weighted by molar-refractivity contribution is 5.69. The molecule has 104 valence electrons. The molecule has 1 saturated heterocycles. The molecule has 0 atom stereocenters. The van der Waals surface area contributed by atoms with Crippen LogP contribution in [0.5, 0.6) is 0 Å². The molecule has 1 aromatic carbocycles. The SMILES string of the molecule is COC(=O)CC1CCN(Cc2ccc(F)cc2)CC1. The molecular formula is C15H20FNO2. The number of nitrogens with zero attached hydrogens (tertiary/aromatic N) is 1. The summed E-state index contributed by atoms with van der Waals surface area (Å²) in [6.45, 7) is 2.82. The predicted molar refractivity (Wildman–Crippen MR) is 71.0 cm³/mol. The monoisotopic (exact) mass is 265 g/mol. The van der Waals surface area contributed by atoms with Gasteiger partial charge < -0.3 is 4.74 Å². The number of hydrogen-bond acceptors (Lipinski definition) is 3. The second-order valence-corrected chi connectivity index (χ2v) is 5.13. The summed E-state index contributed by atoms with van der Waals surface area (Å²) in [6.07, 6.45) is 2.58. The average Bonchev–Trinajstić information content (AvgIpc) is 2.43. The molecule has 0 spiro atoms. The number of carbonyl (C=O) groups excluding carboxylic acids is 1. The second-order valence-electron chi connectivity index (χ2n) is 5.13. The minimum atomic E-state index is -0.194. The van der Waals surface area contributed by atoms with Crippen LogP contribution in [-0.2, 0) is 16.1 Å². The van der Waals surface area contributed by atoms with Gasteiger partial charge in [0.1, 0.15) is 5.82 Å². The Hall–Kier alpha value is -1.42. The van der Waals surface area contributed by atoms with E-state index in [1.54, 1.807) is 0 Å². The first kappa shape index (κ1) is 14.0. The summed E-state index contributed by atoms with van der Waals surface area (Å²) in [6, 6.07) is 6.66. The summed E-state index contributed by atoms with van der Waals surface area (Å²) in [5.41, 5.74) is 1.13. The standard InChI is InChI=1S/C15H20FNO2/c1-19-15(18)10-12-6-8-17(9-7-12)11-13-2-4-14(16)5-3-13/h2-5,12H,6-11H2,1H3. The van der Waals surface area contributed by atoms with Crippen molar-refractivity contribution in [2.45, 2.75) is 25.8 Å². The topological polar surface area (TPSA) is 29.5 Å². The van der Waals surface area contributed by atoms with Crippen molar-refractivity contribution in [3.05, 3.63) is 35.6 Å². The number of esters is 1. The molecular weight excluding hydrogens is 245 g/mol. The summed E-state index contributed by atoms with van der Waals surface area (Å²) in [5, 5.41) is 0. The Morgan fingerprint density at radius 1 is 1.32 bits per heavy atom. The molecule has 1 aliphatic heterocycles. The van der Waals surface area contributed by atoms with E-state index in [0.29, 0.717) is 12.3 Å². The van der Waals surface area contributed by atoms with Crippen LogP contribution in [0, 0.1) is 11.7 Å². The molecule has 1 aromatic rings. The molecule has 0 radical (unpaired) electrons. The van der Waals surface area contributed by atoms with Gasteiger partial charge in [-0.3, -0.25) is 9.69 Å². The van der Waals surface area contributed by atoms with Crippen molar-refractivity contribution >= 4 is 5.97 Å². The van der Waals surface area contributed by atoms with Crippen LogP contribution in [0.4, 0.5) is 4.39 Å². The average molecular weight is 265 g/mol. The van der Waals surface area contributed by atoms with Gasteiger partial charge in [-0.2, -0.15) is 0 Å². The van der Waals surface area contributed by atoms with Crippen LogP contribution < -0.4 is 0 Å². The van der Waals surface area contributed by atoms with E-state index in [0.717, 1.165) is 38.0 Å². The first-order valence-corrected chi connectivity index (χ1v) is 6.71. The minimum Gasteiger partial charge on any atom is -0.469 e. The highest BCUT2D eigenvalue weighted by Gasteiger charge is 2.21. The molecule has 2 rings (SSSR count). The van der Waals surface area contributed by atoms with Gasteiger partial charge in [0.15, 0.2) is 0 Å². The Morgan fingerprint density at radius 2 is 1.95 bits per heavy atom. The van der Waals surface area contributed by atoms with Gasteiger partial charge in [0, 0.05) is 13.0 Å². The zero-order valence-corrected chi connectivity index (χ0v) is 11.3. The van der Waals surface area contributed by atoms with Gasteiger partial charge in [-0.05, 0) is 49.5 Å². The third-order valence-corrected chi connectivity index (χ3v) is 3.71. The summed E-state index contributed by atoms with van der Waals surface area (Å²) in [4.78, 5) is 13.6. The lowest BCUT2D eigenvalue weighted by molar-refractivity contribution is -0.142. The molecule has 1 fully saturated rings. The molecule has 0 aromatic heterocycles. The van der Waals surface area contributed by atoms with E-state index in [1.807, 2.05) is 12.1 Å². The number of benzene rings is 1. The van der Waals surface area contributed by atoms with Crippen molar-refractivity contribution in [1.29, 1.82) is 0 Å². The maximum atomic E-state index is 12.8. The van der Waals surface area contributed by atoms with Gasteiger partial charge in [-0.15, -0.1) is 0 Å². The highest BCUT2D eigenvalue weighted by Crippen LogP contribution is 2.22. The number of halogens is 1. The van der Waals surface area contributed by atoms with Crippen molar-refractivity contribution in [1.82, 2.24) is 4.90 Å². The third-order valence-electron chi connectivity index (χ3n) is 3.71. The molecule has 0 N–H and O–H groups in total. The molecule has 0 aliphatic carbocycles. The van der Waals surface area contributed by atoms with Gasteiger partial charge in [0.25, 0.3) is 0 Å². The van der Waals surface area contributed by atoms with E-state index >= 15 is 0 Å². The van der Waals surface area contributed by atoms with Crippen molar-refractivity contribution in [3.8, 4) is 0 Å². The van der Waals surface area contributed by atoms with E-state index < -0.39 is 0 Å². The maximum absolute atomic E-state index is 12.8. The van der Waals surface area contributed by atoms with Crippen LogP contribution in [0.25, 0.3) is 0 Å². The molecule has 3 nitrogen and oxygen atoms in total. The smallest absolute Gasteiger partial charge is 0.305 e. The van der Waals surface area contributed by atoms with Crippen molar-refractivity contribution in [2.24, 2.45) is 5.92 Å². The fourth-order valence-electron chi connectivity index (χ4n) is 2.52. The Labute approximate surface area is 113 Å². The van der Waals surface area contributed by atoms with Crippen LogP contribution in [0.3, 0.4) is 0 Å². The number of likely N-dealkylation sites (tertiary alicyclic amines) is 1. The zero-order valence-electron chi connectivity index (χ0n) is 11.3. The summed E-state index contributed by atoms with van der Waals surface area (Å²) < 4.78 is 17.5. The van der Waals surface area contributed by atoms with Crippen LogP contribution in [0.1, 0.15) is 24.8 Å². The molecule has 1 heterocycles. The third kappa shape index (κ3) is 4.31. The molecule has 19 heavy (non-hydrogen) atoms. The lowest BCUT2D eigenvalue weighted by Gasteiger charge is -2.31. The second kappa shape index (κ2) is 6.66. The number of ether oxygens (including phenoxy) is 1. The van der Waals surface area contributed by atoms with E-state index in [2.05, 4.69) is 4.90 Å². The summed E-state index contributed by atoms with van der Waals surface area (Å²) in [7, 11) is 1.44. The Balaban J connectivity index is 1.77. The van der Waals surface area contributed by atoms with Gasteiger partial charge in [0.2, 0.25) is 0 Å². The first-order valence-electron chi connectivity index (χ1n) is 6.71. The first-order chi connectivity index (χ1) is 9.17. The normalized spacial score (nSPS) is 17.4. The van der Waals surface area contributed by atoms with E-state index in [-0.39, 0.29) is 11.8 Å². The number of methoxy groups -OCH3 is 1. The predicted octanol–water partition coefficient (Wildman–Crippen LogP) is 2.60. The minimum absolute atomic E-state index is 0.114. The molecule has 0 unspecified atom stereocenters. The number of rotatable bonds is 4. The molecule has 0 bridgehead atoms. The number of carbonyl (C=O) groups is 1. The lowest BCUT2D eigenvalue weighted by atomic mass is 9.93. The fourth-order valence-corrected chi connectivity index (χ4v) is 2.52. The van der Waals surface area contributed by atoms with E-state index in [9.17, 15) is 9.18 Å². The van der Waals surface area contributed by atoms with Crippen LogP contribution >= 0.6 is 0 Å². The van der Waals surface area contributed by atoms with Gasteiger partial charge >= 0.3 is 5.97 Å². The molecule has 1 aliphatic rings.